The van der Waals surface area contributed by atoms with Gasteiger partial charge in [0.2, 0.25) is 0 Å². The molecule has 0 spiro atoms. The minimum atomic E-state index is 0.905. The molecule has 0 bridgehead atoms. The quantitative estimate of drug-likeness (QED) is 0.598. The Morgan fingerprint density at radius 1 is 1.09 bits per heavy atom. The van der Waals surface area contributed by atoms with Gasteiger partial charge in [-0.25, -0.2) is 0 Å². The third kappa shape index (κ3) is 1.28. The lowest BCUT2D eigenvalue weighted by Crippen LogP contribution is -2.09. The number of rotatable bonds is 1. The standard InChI is InChI=1S/C10H10Cl/c11-10-7-2-1-6-9(10)8-4-3-5-8/h1-2,6-7H,3-5H2. The molecule has 11 heavy (non-hydrogen) atoms. The van der Waals surface area contributed by atoms with Crippen LogP contribution in [0.4, 0.5) is 0 Å². The summed E-state index contributed by atoms with van der Waals surface area (Å²) in [7, 11) is 0. The molecule has 2 rings (SSSR count). The van der Waals surface area contributed by atoms with Crippen molar-refractivity contribution >= 4 is 11.6 Å². The zero-order valence-corrected chi connectivity index (χ0v) is 7.06. The summed E-state index contributed by atoms with van der Waals surface area (Å²) in [5.41, 5.74) is 1.26. The molecule has 57 valence electrons. The predicted octanol–water partition coefficient (Wildman–Crippen LogP) is 3.45. The minimum absolute atomic E-state index is 0.905. The summed E-state index contributed by atoms with van der Waals surface area (Å²) < 4.78 is 0. The fourth-order valence-corrected chi connectivity index (χ4v) is 1.64. The van der Waals surface area contributed by atoms with Crippen LogP contribution in [0.1, 0.15) is 24.8 Å². The average molecular weight is 166 g/mol. The van der Waals surface area contributed by atoms with Crippen molar-refractivity contribution in [2.24, 2.45) is 0 Å². The Balaban J connectivity index is 2.28. The van der Waals surface area contributed by atoms with Crippen molar-refractivity contribution in [1.29, 1.82) is 0 Å². The zero-order chi connectivity index (χ0) is 7.68. The van der Waals surface area contributed by atoms with Crippen LogP contribution in [0.25, 0.3) is 0 Å². The molecule has 0 unspecified atom stereocenters. The SMILES string of the molecule is Clc1ccccc1[C]1CCC1. The van der Waals surface area contributed by atoms with E-state index in [2.05, 4.69) is 6.07 Å². The van der Waals surface area contributed by atoms with E-state index < -0.39 is 0 Å². The molecule has 0 amide bonds. The fourth-order valence-electron chi connectivity index (χ4n) is 1.37. The summed E-state index contributed by atoms with van der Waals surface area (Å²) in [5, 5.41) is 0.905. The third-order valence-corrected chi connectivity index (χ3v) is 2.54. The first-order valence-electron chi connectivity index (χ1n) is 3.97. The summed E-state index contributed by atoms with van der Waals surface area (Å²) in [6, 6.07) is 8.09. The van der Waals surface area contributed by atoms with Gasteiger partial charge in [-0.05, 0) is 24.5 Å². The molecule has 1 aromatic carbocycles. The molecular weight excluding hydrogens is 156 g/mol. The largest absolute Gasteiger partial charge is 0.0840 e. The zero-order valence-electron chi connectivity index (χ0n) is 6.31. The smallest absolute Gasteiger partial charge is 0.0443 e. The Labute approximate surface area is 72.2 Å². The highest BCUT2D eigenvalue weighted by Gasteiger charge is 2.21. The fraction of sp³-hybridized carbons (Fsp3) is 0.300. The second kappa shape index (κ2) is 2.86. The summed E-state index contributed by atoms with van der Waals surface area (Å²) in [6.07, 6.45) is 3.81. The predicted molar refractivity (Wildman–Crippen MR) is 47.6 cm³/mol. The first-order chi connectivity index (χ1) is 5.38. The highest BCUT2D eigenvalue weighted by molar-refractivity contribution is 6.31. The van der Waals surface area contributed by atoms with E-state index in [0.29, 0.717) is 0 Å². The molecule has 0 nitrogen and oxygen atoms in total. The van der Waals surface area contributed by atoms with Gasteiger partial charge in [0, 0.05) is 10.9 Å². The maximum absolute atomic E-state index is 6.01. The van der Waals surface area contributed by atoms with E-state index in [4.69, 9.17) is 11.6 Å². The van der Waals surface area contributed by atoms with Crippen LogP contribution >= 0.6 is 11.6 Å². The van der Waals surface area contributed by atoms with Crippen LogP contribution in [0.5, 0.6) is 0 Å². The van der Waals surface area contributed by atoms with Gasteiger partial charge < -0.3 is 0 Å². The van der Waals surface area contributed by atoms with Crippen molar-refractivity contribution in [3.63, 3.8) is 0 Å². The van der Waals surface area contributed by atoms with Crippen molar-refractivity contribution in [3.8, 4) is 0 Å². The van der Waals surface area contributed by atoms with Crippen molar-refractivity contribution in [1.82, 2.24) is 0 Å². The van der Waals surface area contributed by atoms with Crippen molar-refractivity contribution in [3.05, 3.63) is 40.8 Å². The molecule has 1 radical (unpaired) electrons. The van der Waals surface area contributed by atoms with Gasteiger partial charge in [-0.3, -0.25) is 0 Å². The Hall–Kier alpha value is -0.490. The van der Waals surface area contributed by atoms with Crippen LogP contribution < -0.4 is 0 Å². The molecule has 1 fully saturated rings. The van der Waals surface area contributed by atoms with E-state index in [1.54, 1.807) is 0 Å². The molecule has 1 saturated carbocycles. The molecule has 0 atom stereocenters. The molecule has 0 aliphatic heterocycles. The topological polar surface area (TPSA) is 0 Å². The molecule has 0 saturated heterocycles. The highest BCUT2D eigenvalue weighted by atomic mass is 35.5. The van der Waals surface area contributed by atoms with Gasteiger partial charge in [-0.1, -0.05) is 36.2 Å². The number of benzene rings is 1. The van der Waals surface area contributed by atoms with Crippen LogP contribution in [0, 0.1) is 5.92 Å². The average Bonchev–Trinajstić information content (AvgIpc) is 1.90. The highest BCUT2D eigenvalue weighted by Crippen LogP contribution is 2.38. The number of halogens is 1. The van der Waals surface area contributed by atoms with E-state index >= 15 is 0 Å². The van der Waals surface area contributed by atoms with Gasteiger partial charge in [0.1, 0.15) is 0 Å². The summed E-state index contributed by atoms with van der Waals surface area (Å²) in [5.74, 6) is 1.52. The van der Waals surface area contributed by atoms with Crippen molar-refractivity contribution < 1.29 is 0 Å². The van der Waals surface area contributed by atoms with Crippen LogP contribution in [0.2, 0.25) is 5.02 Å². The van der Waals surface area contributed by atoms with E-state index in [-0.39, 0.29) is 0 Å². The van der Waals surface area contributed by atoms with Gasteiger partial charge in [-0.15, -0.1) is 0 Å². The lowest BCUT2D eigenvalue weighted by molar-refractivity contribution is 0.577. The molecule has 1 heteroatoms. The number of hydrogen-bond acceptors (Lipinski definition) is 0. The Bertz CT molecular complexity index is 251. The van der Waals surface area contributed by atoms with Gasteiger partial charge in [0.15, 0.2) is 0 Å². The van der Waals surface area contributed by atoms with Crippen LogP contribution in [-0.2, 0) is 0 Å². The van der Waals surface area contributed by atoms with E-state index in [0.717, 1.165) is 5.02 Å². The molecule has 1 aromatic rings. The van der Waals surface area contributed by atoms with Gasteiger partial charge in [0.05, 0.1) is 0 Å². The van der Waals surface area contributed by atoms with Gasteiger partial charge in [-0.2, -0.15) is 0 Å². The summed E-state index contributed by atoms with van der Waals surface area (Å²) >= 11 is 6.01. The first-order valence-corrected chi connectivity index (χ1v) is 4.35. The molecule has 1 aliphatic rings. The van der Waals surface area contributed by atoms with E-state index in [1.807, 2.05) is 18.2 Å². The molecular formula is C10H10Cl. The molecule has 0 heterocycles. The van der Waals surface area contributed by atoms with Crippen LogP contribution in [0.3, 0.4) is 0 Å². The maximum atomic E-state index is 6.01. The summed E-state index contributed by atoms with van der Waals surface area (Å²) in [6.45, 7) is 0. The first kappa shape index (κ1) is 7.17. The number of hydrogen-bond donors (Lipinski definition) is 0. The molecule has 0 aromatic heterocycles. The Morgan fingerprint density at radius 2 is 1.82 bits per heavy atom. The Kier molecular flexibility index (Phi) is 1.87. The van der Waals surface area contributed by atoms with Crippen molar-refractivity contribution in [2.45, 2.75) is 19.3 Å². The molecule has 1 aliphatic carbocycles. The van der Waals surface area contributed by atoms with Crippen molar-refractivity contribution in [2.75, 3.05) is 0 Å². The lowest BCUT2D eigenvalue weighted by Gasteiger charge is -2.25. The minimum Gasteiger partial charge on any atom is -0.0840 e. The van der Waals surface area contributed by atoms with E-state index in [1.165, 1.54) is 30.7 Å². The van der Waals surface area contributed by atoms with Gasteiger partial charge >= 0.3 is 0 Å². The molecule has 0 N–H and O–H groups in total. The summed E-state index contributed by atoms with van der Waals surface area (Å²) in [4.78, 5) is 0. The van der Waals surface area contributed by atoms with Crippen LogP contribution in [-0.4, -0.2) is 0 Å². The second-order valence-corrected chi connectivity index (χ2v) is 3.34. The Morgan fingerprint density at radius 3 is 2.36 bits per heavy atom. The second-order valence-electron chi connectivity index (χ2n) is 2.94. The third-order valence-electron chi connectivity index (χ3n) is 2.21. The van der Waals surface area contributed by atoms with Crippen LogP contribution in [0.15, 0.2) is 24.3 Å². The van der Waals surface area contributed by atoms with E-state index in [9.17, 15) is 0 Å². The maximum Gasteiger partial charge on any atom is 0.0443 e. The monoisotopic (exact) mass is 165 g/mol. The lowest BCUT2D eigenvalue weighted by atomic mass is 9.80. The normalized spacial score (nSPS) is 17.9. The van der Waals surface area contributed by atoms with Gasteiger partial charge in [0.25, 0.3) is 0 Å².